The molecule has 0 radical (unpaired) electrons. The van der Waals surface area contributed by atoms with Gasteiger partial charge in [0, 0.05) is 16.9 Å². The van der Waals surface area contributed by atoms with E-state index in [9.17, 15) is 9.59 Å². The van der Waals surface area contributed by atoms with Gasteiger partial charge in [-0.1, -0.05) is 31.2 Å². The van der Waals surface area contributed by atoms with Gasteiger partial charge in [-0.2, -0.15) is 0 Å². The Bertz CT molecular complexity index is 1000. The van der Waals surface area contributed by atoms with E-state index in [-0.39, 0.29) is 23.1 Å². The molecule has 5 nitrogen and oxygen atoms in total. The second-order valence-electron chi connectivity index (χ2n) is 7.56. The van der Waals surface area contributed by atoms with E-state index >= 15 is 0 Å². The Labute approximate surface area is 168 Å². The number of H-pyrrole nitrogens is 1. The number of aromatic amines is 1. The minimum atomic E-state index is -0.351. The summed E-state index contributed by atoms with van der Waals surface area (Å²) in [6.07, 6.45) is 2.36. The van der Waals surface area contributed by atoms with Gasteiger partial charge in [0.05, 0.1) is 6.04 Å². The normalized spacial score (nSPS) is 16.9. The fraction of sp³-hybridized carbons (Fsp3) is 0.364. The number of amides is 1. The zero-order chi connectivity index (χ0) is 19.5. The molecule has 1 aliphatic rings. The smallest absolute Gasteiger partial charge is 0.261 e. The highest BCUT2D eigenvalue weighted by atomic mass is 32.1. The quantitative estimate of drug-likeness (QED) is 0.691. The zero-order valence-electron chi connectivity index (χ0n) is 16.0. The van der Waals surface area contributed by atoms with Gasteiger partial charge in [0.2, 0.25) is 0 Å². The Hall–Kier alpha value is -2.44. The van der Waals surface area contributed by atoms with Crippen LogP contribution in [0.2, 0.25) is 0 Å². The molecule has 4 rings (SSSR count). The zero-order valence-corrected chi connectivity index (χ0v) is 16.8. The lowest BCUT2D eigenvalue weighted by atomic mass is 9.97. The molecule has 1 amide bonds. The second kappa shape index (κ2) is 8.29. The van der Waals surface area contributed by atoms with Crippen LogP contribution in [0.25, 0.3) is 10.9 Å². The number of carbonyl (C=O) groups is 1. The summed E-state index contributed by atoms with van der Waals surface area (Å²) >= 11 is 1.72. The summed E-state index contributed by atoms with van der Waals surface area (Å²) in [6.45, 7) is 4.87. The van der Waals surface area contributed by atoms with E-state index < -0.39 is 0 Å². The first-order chi connectivity index (χ1) is 13.6. The highest BCUT2D eigenvalue weighted by Crippen LogP contribution is 2.29. The second-order valence-corrected chi connectivity index (χ2v) is 8.54. The van der Waals surface area contributed by atoms with Gasteiger partial charge in [-0.15, -0.1) is 11.3 Å². The van der Waals surface area contributed by atoms with Crippen LogP contribution in [0.15, 0.2) is 52.6 Å². The summed E-state index contributed by atoms with van der Waals surface area (Å²) in [5.41, 5.74) is 0.550. The summed E-state index contributed by atoms with van der Waals surface area (Å²) in [4.78, 5) is 31.6. The number of likely N-dealkylation sites (tertiary alicyclic amines) is 1. The molecule has 28 heavy (non-hydrogen) atoms. The number of pyridine rings is 1. The van der Waals surface area contributed by atoms with Gasteiger partial charge < -0.3 is 10.3 Å². The standard InChI is InChI=1S/C22H25N3O2S/c1-15-8-10-25(11-9-15)19(20-7-4-12-28-20)14-23-21(26)17-13-16-5-2-3-6-18(16)24-22(17)27/h2-7,12-13,15,19H,8-11,14H2,1H3,(H,23,26)(H,24,27)/t19-/m1/s1. The van der Waals surface area contributed by atoms with Gasteiger partial charge in [0.1, 0.15) is 5.56 Å². The molecule has 0 bridgehead atoms. The summed E-state index contributed by atoms with van der Waals surface area (Å²) in [5, 5.41) is 5.94. The fourth-order valence-electron chi connectivity index (χ4n) is 3.83. The summed E-state index contributed by atoms with van der Waals surface area (Å²) in [5.74, 6) is 0.435. The van der Waals surface area contributed by atoms with E-state index in [4.69, 9.17) is 0 Å². The van der Waals surface area contributed by atoms with Crippen LogP contribution in [-0.4, -0.2) is 35.4 Å². The lowest BCUT2D eigenvalue weighted by Crippen LogP contribution is -2.42. The molecule has 0 unspecified atom stereocenters. The van der Waals surface area contributed by atoms with E-state index in [2.05, 4.69) is 39.6 Å². The van der Waals surface area contributed by atoms with Crippen molar-refractivity contribution in [3.63, 3.8) is 0 Å². The molecular weight excluding hydrogens is 370 g/mol. The van der Waals surface area contributed by atoms with Gasteiger partial charge >= 0.3 is 0 Å². The average molecular weight is 396 g/mol. The third-order valence-electron chi connectivity index (χ3n) is 5.58. The predicted octanol–water partition coefficient (Wildman–Crippen LogP) is 3.79. The van der Waals surface area contributed by atoms with E-state index in [1.54, 1.807) is 17.4 Å². The highest BCUT2D eigenvalue weighted by Gasteiger charge is 2.26. The van der Waals surface area contributed by atoms with Gasteiger partial charge in [-0.3, -0.25) is 14.5 Å². The third kappa shape index (κ3) is 4.03. The number of hydrogen-bond donors (Lipinski definition) is 2. The lowest BCUT2D eigenvalue weighted by Gasteiger charge is -2.36. The van der Waals surface area contributed by atoms with Gasteiger partial charge in [0.15, 0.2) is 0 Å². The minimum Gasteiger partial charge on any atom is -0.350 e. The molecule has 1 saturated heterocycles. The molecule has 1 aliphatic heterocycles. The summed E-state index contributed by atoms with van der Waals surface area (Å²) in [6, 6.07) is 13.5. The number of carbonyl (C=O) groups excluding carboxylic acids is 1. The van der Waals surface area contributed by atoms with E-state index in [0.717, 1.165) is 29.9 Å². The number of nitrogens with one attached hydrogen (secondary N) is 2. The number of thiophene rings is 1. The largest absolute Gasteiger partial charge is 0.350 e. The Morgan fingerprint density at radius 1 is 1.25 bits per heavy atom. The van der Waals surface area contributed by atoms with Gasteiger partial charge in [-0.25, -0.2) is 0 Å². The Morgan fingerprint density at radius 3 is 2.79 bits per heavy atom. The van der Waals surface area contributed by atoms with Crippen LogP contribution in [0, 0.1) is 5.92 Å². The molecule has 0 aliphatic carbocycles. The van der Waals surface area contributed by atoms with Gasteiger partial charge in [0.25, 0.3) is 11.5 Å². The Balaban J connectivity index is 1.51. The molecule has 1 atom stereocenters. The number of rotatable bonds is 5. The topological polar surface area (TPSA) is 65.2 Å². The predicted molar refractivity (Wildman–Crippen MR) is 114 cm³/mol. The number of aromatic nitrogens is 1. The Morgan fingerprint density at radius 2 is 2.04 bits per heavy atom. The summed E-state index contributed by atoms with van der Waals surface area (Å²) in [7, 11) is 0. The molecule has 3 aromatic rings. The number of para-hydroxylation sites is 1. The average Bonchev–Trinajstić information content (AvgIpc) is 3.23. The first-order valence-corrected chi connectivity index (χ1v) is 10.7. The summed E-state index contributed by atoms with van der Waals surface area (Å²) < 4.78 is 0. The first-order valence-electron chi connectivity index (χ1n) is 9.79. The molecular formula is C22H25N3O2S. The van der Waals surface area contributed by atoms with Crippen LogP contribution in [0.1, 0.15) is 41.0 Å². The number of nitrogens with zero attached hydrogens (tertiary/aromatic N) is 1. The van der Waals surface area contributed by atoms with Crippen molar-refractivity contribution in [3.05, 3.63) is 68.6 Å². The van der Waals surface area contributed by atoms with Crippen molar-refractivity contribution in [1.82, 2.24) is 15.2 Å². The van der Waals surface area contributed by atoms with Crippen LogP contribution in [-0.2, 0) is 0 Å². The van der Waals surface area contributed by atoms with Crippen molar-refractivity contribution < 1.29 is 4.79 Å². The SMILES string of the molecule is CC1CCN([C@H](CNC(=O)c2cc3ccccc3[nH]c2=O)c2cccs2)CC1. The van der Waals surface area contributed by atoms with Crippen molar-refractivity contribution >= 4 is 28.1 Å². The van der Waals surface area contributed by atoms with Crippen molar-refractivity contribution in [2.75, 3.05) is 19.6 Å². The maximum Gasteiger partial charge on any atom is 0.261 e. The Kier molecular flexibility index (Phi) is 5.59. The number of benzene rings is 1. The molecule has 1 fully saturated rings. The van der Waals surface area contributed by atoms with Crippen molar-refractivity contribution in [3.8, 4) is 0 Å². The van der Waals surface area contributed by atoms with Crippen LogP contribution < -0.4 is 10.9 Å². The van der Waals surface area contributed by atoms with Crippen molar-refractivity contribution in [2.24, 2.45) is 5.92 Å². The molecule has 2 N–H and O–H groups in total. The molecule has 3 heterocycles. The van der Waals surface area contributed by atoms with E-state index in [1.165, 1.54) is 17.7 Å². The fourth-order valence-corrected chi connectivity index (χ4v) is 4.69. The van der Waals surface area contributed by atoms with Crippen LogP contribution in [0.4, 0.5) is 0 Å². The van der Waals surface area contributed by atoms with E-state index in [0.29, 0.717) is 6.54 Å². The third-order valence-corrected chi connectivity index (χ3v) is 6.56. The number of fused-ring (bicyclic) bond motifs is 1. The minimum absolute atomic E-state index is 0.149. The highest BCUT2D eigenvalue weighted by molar-refractivity contribution is 7.10. The first kappa shape index (κ1) is 18.9. The van der Waals surface area contributed by atoms with E-state index in [1.807, 2.05) is 24.3 Å². The van der Waals surface area contributed by atoms with Gasteiger partial charge in [-0.05, 0) is 60.8 Å². The number of piperidine rings is 1. The maximum atomic E-state index is 12.8. The van der Waals surface area contributed by atoms with Crippen LogP contribution >= 0.6 is 11.3 Å². The molecule has 0 spiro atoms. The van der Waals surface area contributed by atoms with Crippen molar-refractivity contribution in [1.29, 1.82) is 0 Å². The molecule has 146 valence electrons. The number of hydrogen-bond acceptors (Lipinski definition) is 4. The maximum absolute atomic E-state index is 12.8. The van der Waals surface area contributed by atoms with Crippen LogP contribution in [0.5, 0.6) is 0 Å². The molecule has 6 heteroatoms. The molecule has 2 aromatic heterocycles. The van der Waals surface area contributed by atoms with Crippen LogP contribution in [0.3, 0.4) is 0 Å². The lowest BCUT2D eigenvalue weighted by molar-refractivity contribution is 0.0913. The molecule has 0 saturated carbocycles. The molecule has 1 aromatic carbocycles. The van der Waals surface area contributed by atoms with Crippen molar-refractivity contribution in [2.45, 2.75) is 25.8 Å². The monoisotopic (exact) mass is 395 g/mol.